The second-order valence-corrected chi connectivity index (χ2v) is 5.27. The van der Waals surface area contributed by atoms with E-state index >= 15 is 0 Å². The van der Waals surface area contributed by atoms with Crippen LogP contribution in [0.25, 0.3) is 0 Å². The number of hydrogen-bond acceptors (Lipinski definition) is 4. The molecule has 0 unspecified atom stereocenters. The van der Waals surface area contributed by atoms with Gasteiger partial charge in [0.15, 0.2) is 0 Å². The van der Waals surface area contributed by atoms with E-state index in [1.807, 2.05) is 48.5 Å². The lowest BCUT2D eigenvalue weighted by Crippen LogP contribution is -2.20. The van der Waals surface area contributed by atoms with Gasteiger partial charge in [0.2, 0.25) is 5.91 Å². The van der Waals surface area contributed by atoms with Crippen LogP contribution < -0.4 is 15.4 Å². The maximum atomic E-state index is 12.3. The second-order valence-electron chi connectivity index (χ2n) is 5.27. The molecule has 0 aromatic heterocycles. The van der Waals surface area contributed by atoms with E-state index in [0.29, 0.717) is 0 Å². The van der Waals surface area contributed by atoms with Crippen LogP contribution in [0.15, 0.2) is 53.5 Å². The highest BCUT2D eigenvalue weighted by molar-refractivity contribution is 6.01. The van der Waals surface area contributed by atoms with Gasteiger partial charge < -0.3 is 15.4 Å². The molecule has 0 saturated carbocycles. The van der Waals surface area contributed by atoms with Crippen LogP contribution in [-0.2, 0) is 11.2 Å². The van der Waals surface area contributed by atoms with Gasteiger partial charge >= 0.3 is 0 Å². The number of amides is 1. The average Bonchev–Trinajstić information content (AvgIpc) is 3.10. The van der Waals surface area contributed by atoms with Crippen LogP contribution in [-0.4, -0.2) is 31.9 Å². The van der Waals surface area contributed by atoms with E-state index in [1.54, 1.807) is 7.11 Å². The molecule has 1 amide bonds. The fourth-order valence-corrected chi connectivity index (χ4v) is 2.56. The maximum absolute atomic E-state index is 12.3. The molecular weight excluding hydrogens is 290 g/mol. The average molecular weight is 309 g/mol. The van der Waals surface area contributed by atoms with Gasteiger partial charge in [-0.2, -0.15) is 0 Å². The topological polar surface area (TPSA) is 62.7 Å². The van der Waals surface area contributed by atoms with Gasteiger partial charge in [-0.3, -0.25) is 9.79 Å². The minimum atomic E-state index is -0.0760. The summed E-state index contributed by atoms with van der Waals surface area (Å²) >= 11 is 0. The molecule has 1 aliphatic heterocycles. The molecule has 0 saturated heterocycles. The molecule has 0 radical (unpaired) electrons. The van der Waals surface area contributed by atoms with E-state index in [1.165, 1.54) is 0 Å². The first kappa shape index (κ1) is 15.1. The lowest BCUT2D eigenvalue weighted by Gasteiger charge is -2.10. The molecule has 5 heteroatoms. The zero-order valence-corrected chi connectivity index (χ0v) is 13.0. The van der Waals surface area contributed by atoms with Crippen molar-refractivity contribution in [1.82, 2.24) is 5.32 Å². The van der Waals surface area contributed by atoms with E-state index < -0.39 is 0 Å². The summed E-state index contributed by atoms with van der Waals surface area (Å²) in [5.74, 6) is 1.53. The molecule has 1 aliphatic rings. The third-order valence-electron chi connectivity index (χ3n) is 3.64. The molecule has 23 heavy (non-hydrogen) atoms. The van der Waals surface area contributed by atoms with Gasteiger partial charge in [0.25, 0.3) is 0 Å². The van der Waals surface area contributed by atoms with Crippen LogP contribution in [0.2, 0.25) is 0 Å². The number of nitrogens with one attached hydrogen (secondary N) is 2. The Balaban J connectivity index is 1.69. The van der Waals surface area contributed by atoms with Crippen molar-refractivity contribution in [3.8, 4) is 5.75 Å². The molecule has 1 heterocycles. The monoisotopic (exact) mass is 309 g/mol. The second kappa shape index (κ2) is 6.96. The van der Waals surface area contributed by atoms with Crippen LogP contribution in [0.3, 0.4) is 0 Å². The van der Waals surface area contributed by atoms with Gasteiger partial charge in [-0.15, -0.1) is 0 Å². The Bertz CT molecular complexity index is 741. The minimum Gasteiger partial charge on any atom is -0.496 e. The fourth-order valence-electron chi connectivity index (χ4n) is 2.56. The number of ether oxygens (including phenoxy) is 1. The maximum Gasteiger partial charge on any atom is 0.228 e. The Hall–Kier alpha value is -2.82. The van der Waals surface area contributed by atoms with Crippen molar-refractivity contribution in [3.63, 3.8) is 0 Å². The summed E-state index contributed by atoms with van der Waals surface area (Å²) in [7, 11) is 1.61. The summed E-state index contributed by atoms with van der Waals surface area (Å²) in [6, 6.07) is 15.2. The molecule has 2 aromatic carbocycles. The molecule has 0 atom stereocenters. The Labute approximate surface area is 135 Å². The Morgan fingerprint density at radius 2 is 2.13 bits per heavy atom. The van der Waals surface area contributed by atoms with Gasteiger partial charge in [0, 0.05) is 23.4 Å². The van der Waals surface area contributed by atoms with Gasteiger partial charge in [-0.25, -0.2) is 0 Å². The van der Waals surface area contributed by atoms with Crippen LogP contribution in [0.4, 0.5) is 5.69 Å². The van der Waals surface area contributed by atoms with Crippen molar-refractivity contribution in [1.29, 1.82) is 0 Å². The van der Waals surface area contributed by atoms with Crippen molar-refractivity contribution < 1.29 is 9.53 Å². The van der Waals surface area contributed by atoms with Crippen LogP contribution >= 0.6 is 0 Å². The quantitative estimate of drug-likeness (QED) is 0.890. The molecule has 5 nitrogen and oxygen atoms in total. The Morgan fingerprint density at radius 3 is 2.91 bits per heavy atom. The molecular formula is C18H19N3O2. The third-order valence-corrected chi connectivity index (χ3v) is 3.64. The highest BCUT2D eigenvalue weighted by Crippen LogP contribution is 2.19. The largest absolute Gasteiger partial charge is 0.496 e. The van der Waals surface area contributed by atoms with Crippen molar-refractivity contribution in [3.05, 3.63) is 59.7 Å². The summed E-state index contributed by atoms with van der Waals surface area (Å²) in [5, 5.41) is 6.16. The molecule has 118 valence electrons. The molecule has 3 rings (SSSR count). The predicted molar refractivity (Wildman–Crippen MR) is 91.2 cm³/mol. The molecule has 0 bridgehead atoms. The number of carbonyl (C=O) groups is 1. The van der Waals surface area contributed by atoms with E-state index in [4.69, 9.17) is 4.74 Å². The van der Waals surface area contributed by atoms with E-state index in [9.17, 15) is 4.79 Å². The Morgan fingerprint density at radius 1 is 1.26 bits per heavy atom. The third kappa shape index (κ3) is 3.69. The fraction of sp³-hybridized carbons (Fsp3) is 0.222. The van der Waals surface area contributed by atoms with E-state index in [-0.39, 0.29) is 12.3 Å². The van der Waals surface area contributed by atoms with Gasteiger partial charge in [0.1, 0.15) is 11.6 Å². The molecule has 0 aliphatic carbocycles. The number of amidine groups is 1. The van der Waals surface area contributed by atoms with Gasteiger partial charge in [0.05, 0.1) is 20.1 Å². The summed E-state index contributed by atoms with van der Waals surface area (Å²) < 4.78 is 5.28. The number of rotatable bonds is 5. The number of aliphatic imine (C=N–C) groups is 1. The van der Waals surface area contributed by atoms with E-state index in [0.717, 1.165) is 41.5 Å². The lowest BCUT2D eigenvalue weighted by molar-refractivity contribution is -0.115. The first-order valence-electron chi connectivity index (χ1n) is 7.57. The summed E-state index contributed by atoms with van der Waals surface area (Å²) in [6.45, 7) is 1.65. The Kier molecular flexibility index (Phi) is 4.57. The highest BCUT2D eigenvalue weighted by Gasteiger charge is 2.11. The summed E-state index contributed by atoms with van der Waals surface area (Å²) in [5.41, 5.74) is 2.61. The first-order chi connectivity index (χ1) is 11.3. The molecule has 2 N–H and O–H groups in total. The number of methoxy groups -OCH3 is 1. The number of hydrogen-bond donors (Lipinski definition) is 2. The van der Waals surface area contributed by atoms with Crippen molar-refractivity contribution in [2.75, 3.05) is 25.5 Å². The SMILES string of the molecule is COc1ccccc1CC(=O)Nc1cccc(C2=NCCN2)c1. The zero-order chi connectivity index (χ0) is 16.1. The smallest absolute Gasteiger partial charge is 0.228 e. The first-order valence-corrected chi connectivity index (χ1v) is 7.57. The number of benzene rings is 2. The van der Waals surface area contributed by atoms with Crippen molar-refractivity contribution in [2.24, 2.45) is 4.99 Å². The van der Waals surface area contributed by atoms with Gasteiger partial charge in [-0.05, 0) is 18.2 Å². The lowest BCUT2D eigenvalue weighted by atomic mass is 10.1. The van der Waals surface area contributed by atoms with E-state index in [2.05, 4.69) is 15.6 Å². The summed E-state index contributed by atoms with van der Waals surface area (Å²) in [4.78, 5) is 16.7. The highest BCUT2D eigenvalue weighted by atomic mass is 16.5. The molecule has 0 spiro atoms. The van der Waals surface area contributed by atoms with Crippen LogP contribution in [0, 0.1) is 0 Å². The number of carbonyl (C=O) groups excluding carboxylic acids is 1. The predicted octanol–water partition coefficient (Wildman–Crippen LogP) is 2.23. The summed E-state index contributed by atoms with van der Waals surface area (Å²) in [6.07, 6.45) is 0.271. The standard InChI is InChI=1S/C18H19N3O2/c1-23-16-8-3-2-5-13(16)12-17(22)21-15-7-4-6-14(11-15)18-19-9-10-20-18/h2-8,11H,9-10,12H2,1H3,(H,19,20)(H,21,22). The zero-order valence-electron chi connectivity index (χ0n) is 13.0. The van der Waals surface area contributed by atoms with Gasteiger partial charge in [-0.1, -0.05) is 30.3 Å². The number of nitrogens with zero attached hydrogens (tertiary/aromatic N) is 1. The van der Waals surface area contributed by atoms with Crippen molar-refractivity contribution in [2.45, 2.75) is 6.42 Å². The number of anilines is 1. The minimum absolute atomic E-state index is 0.0760. The normalized spacial score (nSPS) is 13.2. The molecule has 0 fully saturated rings. The molecule has 2 aromatic rings. The number of para-hydroxylation sites is 1. The van der Waals surface area contributed by atoms with Crippen LogP contribution in [0.5, 0.6) is 5.75 Å². The van der Waals surface area contributed by atoms with Crippen LogP contribution in [0.1, 0.15) is 11.1 Å². The van der Waals surface area contributed by atoms with Crippen molar-refractivity contribution >= 4 is 17.4 Å².